The molecule has 0 bridgehead atoms. The van der Waals surface area contributed by atoms with Crippen LogP contribution in [0.4, 0.5) is 0 Å². The van der Waals surface area contributed by atoms with Gasteiger partial charge in [0.1, 0.15) is 7.28 Å². The van der Waals surface area contributed by atoms with Crippen molar-refractivity contribution >= 4 is 18.5 Å². The van der Waals surface area contributed by atoms with Crippen molar-refractivity contribution in [1.29, 1.82) is 0 Å². The van der Waals surface area contributed by atoms with Gasteiger partial charge < -0.3 is 0 Å². The summed E-state index contributed by atoms with van der Waals surface area (Å²) in [7, 11) is 2.01. The summed E-state index contributed by atoms with van der Waals surface area (Å²) in [6, 6.07) is 7.67. The fourth-order valence-corrected chi connectivity index (χ4v) is 1.07. The zero-order chi connectivity index (χ0) is 13.0. The van der Waals surface area contributed by atoms with Crippen molar-refractivity contribution in [3.63, 3.8) is 0 Å². The highest BCUT2D eigenvalue weighted by Gasteiger charge is 2.00. The molecule has 1 rings (SSSR count). The number of carbonyl (C=O) groups excluding carboxylic acids is 1. The molecule has 0 aliphatic rings. The first-order valence-electron chi connectivity index (χ1n) is 6.20. The molecule has 1 nitrogen and oxygen atoms in total. The first-order valence-corrected chi connectivity index (χ1v) is 6.20. The molecule has 2 heteroatoms. The first-order chi connectivity index (χ1) is 7.77. The molecule has 0 N–H and O–H groups in total. The molecule has 0 atom stereocenters. The fraction of sp³-hybridized carbons (Fsp3) is 0.500. The SMILES string of the molecule is CC.CC.C[B]c1ccc(C(=O)CC)cc1. The van der Waals surface area contributed by atoms with Crippen molar-refractivity contribution in [3.05, 3.63) is 29.8 Å². The van der Waals surface area contributed by atoms with E-state index in [2.05, 4.69) is 0 Å². The zero-order valence-corrected chi connectivity index (χ0v) is 11.5. The molecule has 0 saturated heterocycles. The molecule has 0 spiro atoms. The normalized spacial score (nSPS) is 7.88. The molecule has 0 aliphatic carbocycles. The Morgan fingerprint density at radius 1 is 1.06 bits per heavy atom. The summed E-state index contributed by atoms with van der Waals surface area (Å²) >= 11 is 0. The quantitative estimate of drug-likeness (QED) is 0.559. The Hall–Kier alpha value is -1.05. The molecular weight excluding hydrogens is 195 g/mol. The summed E-state index contributed by atoms with van der Waals surface area (Å²) in [4.78, 5) is 11.2. The second kappa shape index (κ2) is 12.0. The van der Waals surface area contributed by atoms with E-state index in [9.17, 15) is 4.79 Å². The highest BCUT2D eigenvalue weighted by molar-refractivity contribution is 6.51. The van der Waals surface area contributed by atoms with Gasteiger partial charge in [0.15, 0.2) is 5.78 Å². The molecule has 1 aromatic rings. The molecule has 16 heavy (non-hydrogen) atoms. The molecule has 0 saturated carbocycles. The van der Waals surface area contributed by atoms with Crippen LogP contribution in [-0.2, 0) is 0 Å². The van der Waals surface area contributed by atoms with Crippen molar-refractivity contribution in [2.45, 2.75) is 47.9 Å². The van der Waals surface area contributed by atoms with Crippen LogP contribution in [0.2, 0.25) is 6.82 Å². The topological polar surface area (TPSA) is 17.1 Å². The minimum absolute atomic E-state index is 0.206. The average molecular weight is 219 g/mol. The van der Waals surface area contributed by atoms with E-state index in [1.54, 1.807) is 0 Å². The van der Waals surface area contributed by atoms with Crippen LogP contribution in [0.5, 0.6) is 0 Å². The van der Waals surface area contributed by atoms with Crippen molar-refractivity contribution < 1.29 is 4.79 Å². The van der Waals surface area contributed by atoms with Gasteiger partial charge in [-0.3, -0.25) is 4.79 Å². The van der Waals surface area contributed by atoms with Crippen molar-refractivity contribution in [2.75, 3.05) is 0 Å². The second-order valence-corrected chi connectivity index (χ2v) is 2.69. The van der Waals surface area contributed by atoms with E-state index in [1.807, 2.05) is 73.0 Å². The third-order valence-electron chi connectivity index (χ3n) is 1.89. The Kier molecular flexibility index (Phi) is 13.0. The average Bonchev–Trinajstić information content (AvgIpc) is 2.42. The fourth-order valence-electron chi connectivity index (χ4n) is 1.07. The summed E-state index contributed by atoms with van der Waals surface area (Å²) < 4.78 is 0. The number of rotatable bonds is 3. The summed E-state index contributed by atoms with van der Waals surface area (Å²) in [5.74, 6) is 0.206. The van der Waals surface area contributed by atoms with Gasteiger partial charge in [-0.2, -0.15) is 0 Å². The van der Waals surface area contributed by atoms with E-state index in [0.29, 0.717) is 6.42 Å². The molecule has 0 aromatic heterocycles. The predicted octanol–water partition coefficient (Wildman–Crippen LogP) is 3.71. The zero-order valence-electron chi connectivity index (χ0n) is 11.5. The molecule has 0 unspecified atom stereocenters. The van der Waals surface area contributed by atoms with Gasteiger partial charge in [0.05, 0.1) is 0 Å². The lowest BCUT2D eigenvalue weighted by atomic mass is 9.73. The number of benzene rings is 1. The Bertz CT molecular complexity index is 265. The lowest BCUT2D eigenvalue weighted by Crippen LogP contribution is -2.10. The standard InChI is InChI=1S/C10H12BO.2C2H6/c1-3-10(12)8-4-6-9(11-2)7-5-8;2*1-2/h4-7H,3H2,1-2H3;2*1-2H3. The van der Waals surface area contributed by atoms with E-state index in [0.717, 1.165) is 11.0 Å². The van der Waals surface area contributed by atoms with E-state index >= 15 is 0 Å². The third kappa shape index (κ3) is 6.44. The van der Waals surface area contributed by atoms with Crippen LogP contribution in [0.15, 0.2) is 24.3 Å². The van der Waals surface area contributed by atoms with Crippen LogP contribution in [0.1, 0.15) is 51.4 Å². The largest absolute Gasteiger partial charge is 0.294 e. The highest BCUT2D eigenvalue weighted by atomic mass is 16.1. The number of hydrogen-bond donors (Lipinski definition) is 0. The summed E-state index contributed by atoms with van der Waals surface area (Å²) in [5, 5.41) is 0. The predicted molar refractivity (Wildman–Crippen MR) is 75.0 cm³/mol. The van der Waals surface area contributed by atoms with Crippen molar-refractivity contribution in [1.82, 2.24) is 0 Å². The van der Waals surface area contributed by atoms with E-state index < -0.39 is 0 Å². The third-order valence-corrected chi connectivity index (χ3v) is 1.89. The number of hydrogen-bond acceptors (Lipinski definition) is 1. The van der Waals surface area contributed by atoms with Crippen LogP contribution >= 0.6 is 0 Å². The lowest BCUT2D eigenvalue weighted by Gasteiger charge is -1.98. The van der Waals surface area contributed by atoms with Crippen LogP contribution < -0.4 is 5.46 Å². The molecule has 1 radical (unpaired) electrons. The van der Waals surface area contributed by atoms with E-state index in [4.69, 9.17) is 0 Å². The molecule has 0 amide bonds. The van der Waals surface area contributed by atoms with E-state index in [1.165, 1.54) is 0 Å². The minimum atomic E-state index is 0.206. The summed E-state index contributed by atoms with van der Waals surface area (Å²) in [6.45, 7) is 11.9. The van der Waals surface area contributed by atoms with Crippen LogP contribution in [-0.4, -0.2) is 13.1 Å². The Labute approximate surface area is 102 Å². The van der Waals surface area contributed by atoms with Gasteiger partial charge in [-0.25, -0.2) is 0 Å². The monoisotopic (exact) mass is 219 g/mol. The summed E-state index contributed by atoms with van der Waals surface area (Å²) in [5.41, 5.74) is 1.96. The Morgan fingerprint density at radius 2 is 1.50 bits per heavy atom. The minimum Gasteiger partial charge on any atom is -0.294 e. The maximum absolute atomic E-state index is 11.2. The Morgan fingerprint density at radius 3 is 1.81 bits per heavy atom. The van der Waals surface area contributed by atoms with Crippen LogP contribution in [0.25, 0.3) is 0 Å². The first kappa shape index (κ1) is 17.4. The van der Waals surface area contributed by atoms with Gasteiger partial charge in [0.25, 0.3) is 0 Å². The highest BCUT2D eigenvalue weighted by Crippen LogP contribution is 2.00. The molecular formula is C14H24BO. The van der Waals surface area contributed by atoms with Gasteiger partial charge in [-0.1, -0.05) is 71.2 Å². The van der Waals surface area contributed by atoms with Crippen LogP contribution in [0.3, 0.4) is 0 Å². The Balaban J connectivity index is 0. The molecule has 0 aliphatic heterocycles. The summed E-state index contributed by atoms with van der Waals surface area (Å²) in [6.07, 6.45) is 0.579. The van der Waals surface area contributed by atoms with E-state index in [-0.39, 0.29) is 5.78 Å². The smallest absolute Gasteiger partial charge is 0.162 e. The lowest BCUT2D eigenvalue weighted by molar-refractivity contribution is 0.0988. The number of carbonyl (C=O) groups is 1. The van der Waals surface area contributed by atoms with Gasteiger partial charge in [-0.05, 0) is 0 Å². The number of Topliss-reactive ketones (excluding diaryl/α,β-unsaturated/α-hetero) is 1. The van der Waals surface area contributed by atoms with Crippen molar-refractivity contribution in [2.24, 2.45) is 0 Å². The van der Waals surface area contributed by atoms with Gasteiger partial charge in [0.2, 0.25) is 0 Å². The number of ketones is 1. The van der Waals surface area contributed by atoms with Crippen LogP contribution in [0, 0.1) is 0 Å². The molecule has 1 aromatic carbocycles. The maximum atomic E-state index is 11.2. The molecule has 0 fully saturated rings. The van der Waals surface area contributed by atoms with Gasteiger partial charge in [0, 0.05) is 12.0 Å². The van der Waals surface area contributed by atoms with Crippen molar-refractivity contribution in [3.8, 4) is 0 Å². The van der Waals surface area contributed by atoms with Gasteiger partial charge in [-0.15, -0.1) is 0 Å². The molecule has 0 heterocycles. The molecule has 89 valence electrons. The second-order valence-electron chi connectivity index (χ2n) is 2.69. The van der Waals surface area contributed by atoms with Gasteiger partial charge >= 0.3 is 0 Å². The maximum Gasteiger partial charge on any atom is 0.162 e.